The average molecular weight is 721 g/mol. The molecule has 2 saturated heterocycles. The molecule has 3 aliphatic rings. The van der Waals surface area contributed by atoms with Crippen LogP contribution in [0.25, 0.3) is 0 Å². The van der Waals surface area contributed by atoms with Crippen LogP contribution in [0.4, 0.5) is 0 Å². The molecule has 10 nitrogen and oxygen atoms in total. The lowest BCUT2D eigenvalue weighted by Crippen LogP contribution is -2.63. The van der Waals surface area contributed by atoms with Crippen molar-refractivity contribution in [2.75, 3.05) is 26.5 Å². The van der Waals surface area contributed by atoms with Crippen LogP contribution in [-0.4, -0.2) is 124 Å². The molecule has 50 heavy (non-hydrogen) atoms. The number of cyclic esters (lactones) is 1. The molecular formula is C39H64N2O8S. The van der Waals surface area contributed by atoms with Gasteiger partial charge >= 0.3 is 5.97 Å². The van der Waals surface area contributed by atoms with Gasteiger partial charge in [-0.15, -0.1) is 0 Å². The minimum atomic E-state index is -1.13. The molecule has 0 aliphatic carbocycles. The number of benzene rings is 1. The molecule has 0 spiro atoms. The van der Waals surface area contributed by atoms with Crippen LogP contribution in [0.2, 0.25) is 0 Å². The van der Waals surface area contributed by atoms with Crippen molar-refractivity contribution in [2.24, 2.45) is 23.7 Å². The highest BCUT2D eigenvalue weighted by atomic mass is 32.2. The summed E-state index contributed by atoms with van der Waals surface area (Å²) in [5.74, 6) is -0.333. The van der Waals surface area contributed by atoms with E-state index in [-0.39, 0.29) is 48.1 Å². The molecule has 2 bridgehead atoms. The van der Waals surface area contributed by atoms with Gasteiger partial charge in [0.25, 0.3) is 0 Å². The lowest BCUT2D eigenvalue weighted by Gasteiger charge is -2.46. The fourth-order valence-corrected chi connectivity index (χ4v) is 9.59. The molecule has 4 rings (SSSR count). The number of esters is 1. The van der Waals surface area contributed by atoms with Gasteiger partial charge in [-0.3, -0.25) is 4.79 Å². The molecule has 5 N–H and O–H groups in total. The van der Waals surface area contributed by atoms with Crippen LogP contribution >= 0.6 is 11.8 Å². The van der Waals surface area contributed by atoms with Gasteiger partial charge in [0.05, 0.1) is 43.5 Å². The first kappa shape index (κ1) is 41.2. The van der Waals surface area contributed by atoms with Crippen molar-refractivity contribution in [1.82, 2.24) is 10.2 Å². The van der Waals surface area contributed by atoms with E-state index in [1.54, 1.807) is 25.9 Å². The van der Waals surface area contributed by atoms with Crippen LogP contribution in [-0.2, 0) is 25.4 Å². The van der Waals surface area contributed by atoms with Gasteiger partial charge in [-0.25, -0.2) is 0 Å². The predicted molar refractivity (Wildman–Crippen MR) is 198 cm³/mol. The molecule has 6 unspecified atom stereocenters. The maximum atomic E-state index is 13.3. The monoisotopic (exact) mass is 720 g/mol. The first-order valence-corrected chi connectivity index (χ1v) is 19.7. The zero-order chi connectivity index (χ0) is 36.7. The van der Waals surface area contributed by atoms with Gasteiger partial charge in [0, 0.05) is 34.9 Å². The highest BCUT2D eigenvalue weighted by Gasteiger charge is 2.47. The average Bonchev–Trinajstić information content (AvgIpc) is 3.29. The number of thioether (sulfide) groups is 1. The summed E-state index contributed by atoms with van der Waals surface area (Å²) in [5.41, 5.74) is 2.47. The Balaban J connectivity index is 1.69. The Hall–Kier alpha value is -1.54. The SMILES string of the molecule is CC[C@H]1OC(=O)C[C@@H](O)[C@H](C)[C@@H](OC2OC(C)C(O)C(N(C)C)C2O)[C@@H](C)C[C@@H](C)[C@H]2C[C@H](SCC(Cc3ccccc3)N2)/C(C)=C/[C@@H]1CO. The number of nitrogens with one attached hydrogen (secondary N) is 1. The predicted octanol–water partition coefficient (Wildman–Crippen LogP) is 3.78. The Morgan fingerprint density at radius 2 is 1.72 bits per heavy atom. The number of aliphatic hydroxyl groups excluding tert-OH is 4. The Morgan fingerprint density at radius 1 is 1.02 bits per heavy atom. The Morgan fingerprint density at radius 3 is 2.36 bits per heavy atom. The zero-order valence-electron chi connectivity index (χ0n) is 31.4. The highest BCUT2D eigenvalue weighted by Crippen LogP contribution is 2.37. The maximum Gasteiger partial charge on any atom is 0.308 e. The van der Waals surface area contributed by atoms with Crippen molar-refractivity contribution < 1.29 is 39.4 Å². The normalized spacial score (nSPS) is 42.3. The fourth-order valence-electron chi connectivity index (χ4n) is 8.22. The molecule has 15 atom stereocenters. The van der Waals surface area contributed by atoms with Crippen molar-refractivity contribution in [2.45, 2.75) is 140 Å². The lowest BCUT2D eigenvalue weighted by atomic mass is 9.80. The van der Waals surface area contributed by atoms with Crippen molar-refractivity contribution in [1.29, 1.82) is 0 Å². The summed E-state index contributed by atoms with van der Waals surface area (Å²) in [6.45, 7) is 11.9. The van der Waals surface area contributed by atoms with Crippen LogP contribution in [0.5, 0.6) is 0 Å². The number of likely N-dealkylation sites (N-methyl/N-ethyl adjacent to an activating group) is 1. The van der Waals surface area contributed by atoms with Gasteiger partial charge in [0.2, 0.25) is 0 Å². The second-order valence-electron chi connectivity index (χ2n) is 15.5. The Labute approximate surface area is 304 Å². The van der Waals surface area contributed by atoms with Crippen LogP contribution in [0.15, 0.2) is 42.0 Å². The summed E-state index contributed by atoms with van der Waals surface area (Å²) < 4.78 is 18.7. The van der Waals surface area contributed by atoms with Gasteiger partial charge in [-0.05, 0) is 71.0 Å². The summed E-state index contributed by atoms with van der Waals surface area (Å²) in [6, 6.07) is 10.4. The Bertz CT molecular complexity index is 1220. The largest absolute Gasteiger partial charge is 0.462 e. The molecule has 3 heterocycles. The molecule has 1 aromatic rings. The summed E-state index contributed by atoms with van der Waals surface area (Å²) in [6.07, 6.45) is -0.876. The molecule has 0 saturated carbocycles. The van der Waals surface area contributed by atoms with Gasteiger partial charge in [0.15, 0.2) is 6.29 Å². The summed E-state index contributed by atoms with van der Waals surface area (Å²) >= 11 is 1.95. The zero-order valence-corrected chi connectivity index (χ0v) is 32.2. The molecule has 0 amide bonds. The van der Waals surface area contributed by atoms with Crippen LogP contribution in [0, 0.1) is 23.7 Å². The third-order valence-electron chi connectivity index (χ3n) is 11.3. The molecule has 1 aromatic carbocycles. The van der Waals surface area contributed by atoms with Crippen molar-refractivity contribution in [3.8, 4) is 0 Å². The number of hydrogen-bond acceptors (Lipinski definition) is 11. The third kappa shape index (κ3) is 10.5. The van der Waals surface area contributed by atoms with E-state index >= 15 is 0 Å². The molecule has 11 heteroatoms. The van der Waals surface area contributed by atoms with E-state index in [2.05, 4.69) is 56.4 Å². The number of aliphatic hydroxyl groups is 4. The lowest BCUT2D eigenvalue weighted by molar-refractivity contribution is -0.303. The fraction of sp³-hybridized carbons (Fsp3) is 0.769. The summed E-state index contributed by atoms with van der Waals surface area (Å²) in [5, 5.41) is 48.4. The van der Waals surface area contributed by atoms with Crippen LogP contribution in [0.3, 0.4) is 0 Å². The number of fused-ring (bicyclic) bond motifs is 2. The molecule has 0 radical (unpaired) electrons. The van der Waals surface area contributed by atoms with E-state index in [9.17, 15) is 25.2 Å². The van der Waals surface area contributed by atoms with Crippen molar-refractivity contribution >= 4 is 17.7 Å². The molecule has 284 valence electrons. The van der Waals surface area contributed by atoms with Crippen molar-refractivity contribution in [3.05, 3.63) is 47.5 Å². The van der Waals surface area contributed by atoms with Crippen LogP contribution < -0.4 is 5.32 Å². The smallest absolute Gasteiger partial charge is 0.308 e. The number of carbonyl (C=O) groups is 1. The minimum absolute atomic E-state index is 0.0862. The highest BCUT2D eigenvalue weighted by molar-refractivity contribution is 8.00. The van der Waals surface area contributed by atoms with Crippen molar-refractivity contribution in [3.63, 3.8) is 0 Å². The first-order valence-electron chi connectivity index (χ1n) is 18.7. The molecule has 2 fully saturated rings. The van der Waals surface area contributed by atoms with E-state index in [1.165, 1.54) is 11.1 Å². The number of carbonyl (C=O) groups excluding carboxylic acids is 1. The number of ether oxygens (including phenoxy) is 3. The van der Waals surface area contributed by atoms with E-state index < -0.39 is 60.8 Å². The summed E-state index contributed by atoms with van der Waals surface area (Å²) in [4.78, 5) is 15.1. The van der Waals surface area contributed by atoms with Gasteiger partial charge in [-0.2, -0.15) is 11.8 Å². The number of rotatable bonds is 7. The molecule has 0 aromatic heterocycles. The quantitative estimate of drug-likeness (QED) is 0.208. The molecular weight excluding hydrogens is 657 g/mol. The first-order chi connectivity index (χ1) is 23.7. The number of nitrogens with zero attached hydrogens (tertiary/aromatic N) is 1. The standard InChI is InChI=1S/C39H64N2O8S/c1-9-32-28(20-42)16-23(3)33-18-30(40-29(21-50-33)17-27-13-11-10-12-14-27)22(2)15-24(4)38(25(5)31(43)19-34(44)48-32)49-39-37(46)35(41(7)8)36(45)26(6)47-39/h10-14,16,22,24-26,28-33,35-40,42-43,45-46H,9,15,17-21H2,1-8H3/b23-16+/t22-,24+,25+,26?,28-,29?,30-,31-,32-,33+,35?,36?,37?,38+,39?/m1/s1. The summed E-state index contributed by atoms with van der Waals surface area (Å²) in [7, 11) is 3.61. The van der Waals surface area contributed by atoms with E-state index in [0.717, 1.165) is 25.0 Å². The molecule has 3 aliphatic heterocycles. The van der Waals surface area contributed by atoms with Gasteiger partial charge in [-0.1, -0.05) is 69.7 Å². The maximum absolute atomic E-state index is 13.3. The second-order valence-corrected chi connectivity index (χ2v) is 16.7. The second kappa shape index (κ2) is 19.0. The van der Waals surface area contributed by atoms with E-state index in [1.807, 2.05) is 31.7 Å². The Kier molecular flexibility index (Phi) is 15.6. The topological polar surface area (TPSA) is 141 Å². The van der Waals surface area contributed by atoms with E-state index in [4.69, 9.17) is 14.2 Å². The number of hydrogen-bond donors (Lipinski definition) is 5. The van der Waals surface area contributed by atoms with Gasteiger partial charge < -0.3 is 44.9 Å². The van der Waals surface area contributed by atoms with E-state index in [0.29, 0.717) is 6.42 Å². The third-order valence-corrected chi connectivity index (χ3v) is 12.8. The minimum Gasteiger partial charge on any atom is -0.462 e. The van der Waals surface area contributed by atoms with Gasteiger partial charge in [0.1, 0.15) is 12.2 Å². The van der Waals surface area contributed by atoms with Crippen LogP contribution in [0.1, 0.15) is 72.8 Å².